The molecule has 2 N–H and O–H groups in total. The van der Waals surface area contributed by atoms with Gasteiger partial charge in [0.1, 0.15) is 0 Å². The van der Waals surface area contributed by atoms with Gasteiger partial charge in [-0.1, -0.05) is 37.1 Å². The van der Waals surface area contributed by atoms with Crippen LogP contribution in [-0.4, -0.2) is 37.5 Å². The van der Waals surface area contributed by atoms with Crippen LogP contribution in [0.25, 0.3) is 5.69 Å². The lowest BCUT2D eigenvalue weighted by molar-refractivity contribution is 0.201. The third-order valence-corrected chi connectivity index (χ3v) is 3.50. The number of aromatic nitrogens is 4. The topological polar surface area (TPSA) is 75.9 Å². The molecule has 0 atom stereocenters. The fourth-order valence-electron chi connectivity index (χ4n) is 1.94. The van der Waals surface area contributed by atoms with E-state index < -0.39 is 0 Å². The highest BCUT2D eigenvalue weighted by molar-refractivity contribution is 5.40. The van der Waals surface area contributed by atoms with Crippen LogP contribution < -0.4 is 5.32 Å². The lowest BCUT2D eigenvalue weighted by Crippen LogP contribution is -2.41. The molecule has 1 aromatic carbocycles. The van der Waals surface area contributed by atoms with Gasteiger partial charge in [-0.05, 0) is 35.4 Å². The zero-order chi connectivity index (χ0) is 13.7. The van der Waals surface area contributed by atoms with Gasteiger partial charge in [-0.2, -0.15) is 4.68 Å². The van der Waals surface area contributed by atoms with Crippen LogP contribution in [0, 0.1) is 0 Å². The quantitative estimate of drug-likeness (QED) is 0.826. The van der Waals surface area contributed by atoms with Crippen LogP contribution in [0.1, 0.15) is 26.7 Å². The summed E-state index contributed by atoms with van der Waals surface area (Å²) in [5.74, 6) is 0.545. The molecule has 6 nitrogen and oxygen atoms in total. The number of nitrogens with zero attached hydrogens (tertiary/aromatic N) is 4. The highest BCUT2D eigenvalue weighted by atomic mass is 16.3. The first-order valence-electron chi connectivity index (χ1n) is 6.47. The Bertz CT molecular complexity index is 498. The average Bonchev–Trinajstić information content (AvgIpc) is 2.94. The van der Waals surface area contributed by atoms with Gasteiger partial charge in [0.05, 0.1) is 17.8 Å². The van der Waals surface area contributed by atoms with E-state index in [0.29, 0.717) is 5.95 Å². The van der Waals surface area contributed by atoms with E-state index in [0.717, 1.165) is 18.5 Å². The van der Waals surface area contributed by atoms with Crippen molar-refractivity contribution in [2.75, 3.05) is 11.9 Å². The van der Waals surface area contributed by atoms with Gasteiger partial charge >= 0.3 is 0 Å². The normalized spacial score (nSPS) is 11.5. The van der Waals surface area contributed by atoms with Crippen molar-refractivity contribution in [3.8, 4) is 5.69 Å². The van der Waals surface area contributed by atoms with E-state index in [9.17, 15) is 5.11 Å². The second kappa shape index (κ2) is 5.79. The maximum absolute atomic E-state index is 9.60. The number of anilines is 1. The van der Waals surface area contributed by atoms with Crippen LogP contribution in [0.2, 0.25) is 0 Å². The summed E-state index contributed by atoms with van der Waals surface area (Å²) in [6.45, 7) is 4.11. The first-order chi connectivity index (χ1) is 9.24. The van der Waals surface area contributed by atoms with Crippen molar-refractivity contribution in [2.45, 2.75) is 32.2 Å². The van der Waals surface area contributed by atoms with E-state index in [2.05, 4.69) is 20.8 Å². The third-order valence-electron chi connectivity index (χ3n) is 3.50. The van der Waals surface area contributed by atoms with Crippen molar-refractivity contribution in [2.24, 2.45) is 0 Å². The number of aliphatic hydroxyl groups excluding tert-OH is 1. The van der Waals surface area contributed by atoms with Crippen LogP contribution >= 0.6 is 0 Å². The van der Waals surface area contributed by atoms with E-state index >= 15 is 0 Å². The fourth-order valence-corrected chi connectivity index (χ4v) is 1.94. The molecule has 2 rings (SSSR count). The van der Waals surface area contributed by atoms with E-state index in [1.165, 1.54) is 0 Å². The Morgan fingerprint density at radius 1 is 1.21 bits per heavy atom. The Balaban J connectivity index is 2.30. The molecule has 0 fully saturated rings. The average molecular weight is 261 g/mol. The largest absolute Gasteiger partial charge is 0.394 e. The van der Waals surface area contributed by atoms with Gasteiger partial charge in [-0.25, -0.2) is 0 Å². The summed E-state index contributed by atoms with van der Waals surface area (Å²) in [7, 11) is 0. The molecule has 0 aliphatic rings. The van der Waals surface area contributed by atoms with Gasteiger partial charge in [0.2, 0.25) is 5.95 Å². The monoisotopic (exact) mass is 261 g/mol. The smallest absolute Gasteiger partial charge is 0.248 e. The predicted octanol–water partition coefficient (Wildman–Crippen LogP) is 1.63. The molecule has 1 aromatic heterocycles. The Hall–Kier alpha value is -1.95. The Kier molecular flexibility index (Phi) is 4.11. The number of benzene rings is 1. The number of aliphatic hydroxyl groups is 1. The lowest BCUT2D eigenvalue weighted by Gasteiger charge is -2.30. The van der Waals surface area contributed by atoms with Crippen LogP contribution in [0.5, 0.6) is 0 Å². The van der Waals surface area contributed by atoms with Crippen molar-refractivity contribution in [1.29, 1.82) is 0 Å². The minimum atomic E-state index is -0.388. The van der Waals surface area contributed by atoms with Gasteiger partial charge in [-0.3, -0.25) is 0 Å². The lowest BCUT2D eigenvalue weighted by atomic mass is 9.94. The van der Waals surface area contributed by atoms with Crippen LogP contribution in [0.3, 0.4) is 0 Å². The van der Waals surface area contributed by atoms with Gasteiger partial charge < -0.3 is 10.4 Å². The molecule has 0 aliphatic carbocycles. The summed E-state index contributed by atoms with van der Waals surface area (Å²) in [4.78, 5) is 0. The molecular formula is C13H19N5O. The van der Waals surface area contributed by atoms with Crippen LogP contribution in [0.15, 0.2) is 30.3 Å². The van der Waals surface area contributed by atoms with E-state index in [1.54, 1.807) is 4.68 Å². The van der Waals surface area contributed by atoms with Crippen molar-refractivity contribution >= 4 is 5.95 Å². The summed E-state index contributed by atoms with van der Waals surface area (Å²) < 4.78 is 1.63. The second-order valence-corrected chi connectivity index (χ2v) is 4.52. The summed E-state index contributed by atoms with van der Waals surface area (Å²) in [6, 6.07) is 9.66. The summed E-state index contributed by atoms with van der Waals surface area (Å²) in [5.41, 5.74) is 0.496. The number of hydrogen-bond donors (Lipinski definition) is 2. The number of rotatable bonds is 6. The molecule has 1 heterocycles. The molecule has 19 heavy (non-hydrogen) atoms. The fraction of sp³-hybridized carbons (Fsp3) is 0.462. The predicted molar refractivity (Wildman–Crippen MR) is 73.2 cm³/mol. The van der Waals surface area contributed by atoms with Gasteiger partial charge in [0, 0.05) is 0 Å². The number of tetrazole rings is 1. The van der Waals surface area contributed by atoms with Crippen molar-refractivity contribution in [3.63, 3.8) is 0 Å². The minimum absolute atomic E-state index is 0.0433. The molecular weight excluding hydrogens is 242 g/mol. The standard InChI is InChI=1S/C13H19N5O/c1-3-13(4-2,10-19)14-12-15-16-17-18(12)11-8-6-5-7-9-11/h5-9,19H,3-4,10H2,1-2H3,(H,14,15,17). The molecule has 0 unspecified atom stereocenters. The SMILES string of the molecule is CCC(CC)(CO)Nc1nnnn1-c1ccccc1. The van der Waals surface area contributed by atoms with Gasteiger partial charge in [-0.15, -0.1) is 0 Å². The second-order valence-electron chi connectivity index (χ2n) is 4.52. The molecule has 102 valence electrons. The summed E-state index contributed by atoms with van der Waals surface area (Å²) in [6.07, 6.45) is 1.59. The molecule has 0 radical (unpaired) electrons. The first kappa shape index (κ1) is 13.5. The number of nitrogens with one attached hydrogen (secondary N) is 1. The Labute approximate surface area is 112 Å². The number of hydrogen-bond acceptors (Lipinski definition) is 5. The van der Waals surface area contributed by atoms with Gasteiger partial charge in [0.15, 0.2) is 0 Å². The van der Waals surface area contributed by atoms with E-state index in [-0.39, 0.29) is 12.1 Å². The number of para-hydroxylation sites is 1. The summed E-state index contributed by atoms with van der Waals surface area (Å²) in [5, 5.41) is 24.6. The van der Waals surface area contributed by atoms with Crippen molar-refractivity contribution in [3.05, 3.63) is 30.3 Å². The highest BCUT2D eigenvalue weighted by Gasteiger charge is 2.27. The van der Waals surface area contributed by atoms with Crippen LogP contribution in [0.4, 0.5) is 5.95 Å². The zero-order valence-corrected chi connectivity index (χ0v) is 11.2. The molecule has 0 spiro atoms. The molecule has 0 aliphatic heterocycles. The molecule has 0 saturated carbocycles. The molecule has 0 amide bonds. The van der Waals surface area contributed by atoms with Gasteiger partial charge in [0.25, 0.3) is 0 Å². The zero-order valence-electron chi connectivity index (χ0n) is 11.2. The Morgan fingerprint density at radius 3 is 2.47 bits per heavy atom. The molecule has 0 bridgehead atoms. The molecule has 2 aromatic rings. The van der Waals surface area contributed by atoms with E-state index in [4.69, 9.17) is 0 Å². The molecule has 6 heteroatoms. The highest BCUT2D eigenvalue weighted by Crippen LogP contribution is 2.21. The Morgan fingerprint density at radius 2 is 1.89 bits per heavy atom. The molecule has 0 saturated heterocycles. The van der Waals surface area contributed by atoms with Crippen molar-refractivity contribution in [1.82, 2.24) is 20.2 Å². The van der Waals surface area contributed by atoms with E-state index in [1.807, 2.05) is 44.2 Å². The van der Waals surface area contributed by atoms with Crippen molar-refractivity contribution < 1.29 is 5.11 Å². The maximum Gasteiger partial charge on any atom is 0.248 e. The third kappa shape index (κ3) is 2.73. The summed E-state index contributed by atoms with van der Waals surface area (Å²) >= 11 is 0. The van der Waals surface area contributed by atoms with Crippen LogP contribution in [-0.2, 0) is 0 Å². The maximum atomic E-state index is 9.60. The minimum Gasteiger partial charge on any atom is -0.394 e. The first-order valence-corrected chi connectivity index (χ1v) is 6.47.